The predicted molar refractivity (Wildman–Crippen MR) is 142 cm³/mol. The molecule has 184 valence electrons. The van der Waals surface area contributed by atoms with Gasteiger partial charge >= 0.3 is 0 Å². The van der Waals surface area contributed by atoms with Crippen LogP contribution in [0.4, 0.5) is 5.69 Å². The lowest BCUT2D eigenvalue weighted by Crippen LogP contribution is -2.31. The van der Waals surface area contributed by atoms with Crippen LogP contribution in [0.3, 0.4) is 0 Å². The Labute approximate surface area is 211 Å². The summed E-state index contributed by atoms with van der Waals surface area (Å²) in [6, 6.07) is 14.7. The molecule has 3 rings (SSSR count). The molecule has 0 aliphatic rings. The number of carbonyl (C=O) groups is 2. The number of carbonyl (C=O) groups excluding carboxylic acids is 2. The monoisotopic (exact) mass is 491 g/mol. The van der Waals surface area contributed by atoms with Crippen molar-refractivity contribution in [3.63, 3.8) is 0 Å². The summed E-state index contributed by atoms with van der Waals surface area (Å²) in [4.78, 5) is 25.5. The summed E-state index contributed by atoms with van der Waals surface area (Å²) in [6.45, 7) is 12.5. The van der Waals surface area contributed by atoms with E-state index in [9.17, 15) is 9.59 Å². The molecular weight excluding hydrogens is 458 g/mol. The molecule has 1 atom stereocenters. The van der Waals surface area contributed by atoms with Crippen LogP contribution < -0.4 is 10.6 Å². The van der Waals surface area contributed by atoms with Gasteiger partial charge in [-0.2, -0.15) is 0 Å². The minimum Gasteiger partial charge on any atom is -0.342 e. The van der Waals surface area contributed by atoms with Crippen molar-refractivity contribution in [2.75, 3.05) is 11.1 Å². The van der Waals surface area contributed by atoms with Crippen LogP contribution in [-0.4, -0.2) is 32.3 Å². The van der Waals surface area contributed by atoms with E-state index in [4.69, 9.17) is 0 Å². The molecule has 0 fully saturated rings. The highest BCUT2D eigenvalue weighted by Gasteiger charge is 2.24. The van der Waals surface area contributed by atoms with Gasteiger partial charge in [0.25, 0.3) is 5.91 Å². The molecule has 1 heterocycles. The Bertz CT molecular complexity index is 1170. The standard InChI is InChI=1S/C27H33N5O2S/c1-6-14-32-25(23(15-18(2)3)29-26(34)21-10-8-7-9-11-21)30-31-27(32)35-17-24(33)28-22-13-12-19(4)16-20(22)5/h6-13,16,18,23H,1,14-15,17H2,2-5H3,(H,28,33)(H,29,34). The van der Waals surface area contributed by atoms with Crippen LogP contribution in [0.25, 0.3) is 0 Å². The number of aromatic nitrogens is 3. The summed E-state index contributed by atoms with van der Waals surface area (Å²) in [5, 5.41) is 15.5. The molecule has 0 radical (unpaired) electrons. The molecule has 0 aliphatic carbocycles. The minimum atomic E-state index is -0.325. The van der Waals surface area contributed by atoms with Crippen molar-refractivity contribution in [3.05, 3.63) is 83.7 Å². The van der Waals surface area contributed by atoms with Crippen molar-refractivity contribution >= 4 is 29.3 Å². The highest BCUT2D eigenvalue weighted by atomic mass is 32.2. The zero-order chi connectivity index (χ0) is 25.4. The number of hydrogen-bond acceptors (Lipinski definition) is 5. The van der Waals surface area contributed by atoms with Gasteiger partial charge in [0.05, 0.1) is 11.8 Å². The molecule has 35 heavy (non-hydrogen) atoms. The maximum Gasteiger partial charge on any atom is 0.251 e. The number of rotatable bonds is 11. The van der Waals surface area contributed by atoms with E-state index in [0.717, 1.165) is 16.8 Å². The zero-order valence-corrected chi connectivity index (χ0v) is 21.6. The fourth-order valence-corrected chi connectivity index (χ4v) is 4.52. The highest BCUT2D eigenvalue weighted by Crippen LogP contribution is 2.26. The van der Waals surface area contributed by atoms with Crippen LogP contribution in [0.15, 0.2) is 66.3 Å². The van der Waals surface area contributed by atoms with Gasteiger partial charge in [-0.25, -0.2) is 0 Å². The van der Waals surface area contributed by atoms with E-state index in [1.165, 1.54) is 11.8 Å². The minimum absolute atomic E-state index is 0.118. The van der Waals surface area contributed by atoms with Crippen molar-refractivity contribution in [3.8, 4) is 0 Å². The summed E-state index contributed by atoms with van der Waals surface area (Å²) in [5.41, 5.74) is 3.56. The third-order valence-corrected chi connectivity index (χ3v) is 6.37. The summed E-state index contributed by atoms with van der Waals surface area (Å²) in [5.74, 6) is 0.886. The molecule has 0 bridgehead atoms. The first-order chi connectivity index (χ1) is 16.8. The van der Waals surface area contributed by atoms with E-state index in [2.05, 4.69) is 41.3 Å². The highest BCUT2D eigenvalue weighted by molar-refractivity contribution is 7.99. The van der Waals surface area contributed by atoms with Crippen molar-refractivity contribution in [1.82, 2.24) is 20.1 Å². The Morgan fingerprint density at radius 2 is 1.86 bits per heavy atom. The number of anilines is 1. The normalized spacial score (nSPS) is 11.8. The van der Waals surface area contributed by atoms with Crippen molar-refractivity contribution in [1.29, 1.82) is 0 Å². The van der Waals surface area contributed by atoms with Crippen LogP contribution in [0.1, 0.15) is 53.6 Å². The maximum atomic E-state index is 12.9. The quantitative estimate of drug-likeness (QED) is 0.280. The van der Waals surface area contributed by atoms with Gasteiger partial charge in [-0.1, -0.05) is 67.6 Å². The Morgan fingerprint density at radius 3 is 2.51 bits per heavy atom. The molecule has 0 spiro atoms. The van der Waals surface area contributed by atoms with E-state index < -0.39 is 0 Å². The van der Waals surface area contributed by atoms with Crippen LogP contribution in [-0.2, 0) is 11.3 Å². The van der Waals surface area contributed by atoms with Gasteiger partial charge < -0.3 is 15.2 Å². The van der Waals surface area contributed by atoms with Gasteiger partial charge in [-0.05, 0) is 49.9 Å². The molecule has 0 saturated carbocycles. The third kappa shape index (κ3) is 7.29. The van der Waals surface area contributed by atoms with E-state index in [-0.39, 0.29) is 23.6 Å². The SMILES string of the molecule is C=CCn1c(SCC(=O)Nc2ccc(C)cc2C)nnc1C(CC(C)C)NC(=O)c1ccccc1. The summed E-state index contributed by atoms with van der Waals surface area (Å²) in [6.07, 6.45) is 2.46. The topological polar surface area (TPSA) is 88.9 Å². The molecule has 0 saturated heterocycles. The first-order valence-electron chi connectivity index (χ1n) is 11.7. The molecule has 1 aromatic heterocycles. The van der Waals surface area contributed by atoms with Crippen molar-refractivity contribution in [2.24, 2.45) is 5.92 Å². The molecule has 2 amide bonds. The summed E-state index contributed by atoms with van der Waals surface area (Å²) < 4.78 is 1.92. The average Bonchev–Trinajstić information content (AvgIpc) is 3.22. The molecule has 7 nitrogen and oxygen atoms in total. The van der Waals surface area contributed by atoms with Crippen LogP contribution >= 0.6 is 11.8 Å². The fourth-order valence-electron chi connectivity index (χ4n) is 3.77. The zero-order valence-electron chi connectivity index (χ0n) is 20.7. The van der Waals surface area contributed by atoms with Gasteiger partial charge in [0.15, 0.2) is 11.0 Å². The second-order valence-electron chi connectivity index (χ2n) is 8.92. The number of benzene rings is 2. The van der Waals surface area contributed by atoms with Gasteiger partial charge in [-0.3, -0.25) is 9.59 Å². The fraction of sp³-hybridized carbons (Fsp3) is 0.333. The van der Waals surface area contributed by atoms with Gasteiger partial charge in [0.2, 0.25) is 5.91 Å². The Morgan fingerprint density at radius 1 is 1.11 bits per heavy atom. The van der Waals surface area contributed by atoms with Gasteiger partial charge in [0, 0.05) is 17.8 Å². The molecule has 1 unspecified atom stereocenters. The first-order valence-corrected chi connectivity index (χ1v) is 12.7. The van der Waals surface area contributed by atoms with E-state index in [1.807, 2.05) is 54.8 Å². The van der Waals surface area contributed by atoms with E-state index in [1.54, 1.807) is 18.2 Å². The number of nitrogens with one attached hydrogen (secondary N) is 2. The maximum absolute atomic E-state index is 12.9. The number of amides is 2. The van der Waals surface area contributed by atoms with Gasteiger partial charge in [0.1, 0.15) is 0 Å². The molecule has 8 heteroatoms. The Hall–Kier alpha value is -3.39. The Balaban J connectivity index is 1.76. The molecular formula is C27H33N5O2S. The van der Waals surface area contributed by atoms with E-state index in [0.29, 0.717) is 35.4 Å². The second-order valence-corrected chi connectivity index (χ2v) is 9.86. The third-order valence-electron chi connectivity index (χ3n) is 5.41. The van der Waals surface area contributed by atoms with Crippen LogP contribution in [0.2, 0.25) is 0 Å². The molecule has 0 aliphatic heterocycles. The smallest absolute Gasteiger partial charge is 0.251 e. The van der Waals surface area contributed by atoms with Gasteiger partial charge in [-0.15, -0.1) is 16.8 Å². The number of aryl methyl sites for hydroxylation is 2. The Kier molecular flexibility index (Phi) is 9.25. The van der Waals surface area contributed by atoms with E-state index >= 15 is 0 Å². The number of nitrogens with zero attached hydrogens (tertiary/aromatic N) is 3. The lowest BCUT2D eigenvalue weighted by Gasteiger charge is -2.21. The number of hydrogen-bond donors (Lipinski definition) is 2. The number of allylic oxidation sites excluding steroid dienone is 1. The summed E-state index contributed by atoms with van der Waals surface area (Å²) >= 11 is 1.31. The molecule has 3 aromatic rings. The predicted octanol–water partition coefficient (Wildman–Crippen LogP) is 5.33. The van der Waals surface area contributed by atoms with Crippen LogP contribution in [0, 0.1) is 19.8 Å². The second kappa shape index (κ2) is 12.4. The lowest BCUT2D eigenvalue weighted by molar-refractivity contribution is -0.113. The van der Waals surface area contributed by atoms with Crippen LogP contribution in [0.5, 0.6) is 0 Å². The molecule has 2 aromatic carbocycles. The van der Waals surface area contributed by atoms with Crippen molar-refractivity contribution < 1.29 is 9.59 Å². The van der Waals surface area contributed by atoms with Crippen molar-refractivity contribution in [2.45, 2.75) is 51.9 Å². The number of thioether (sulfide) groups is 1. The largest absolute Gasteiger partial charge is 0.342 e. The molecule has 2 N–H and O–H groups in total. The average molecular weight is 492 g/mol. The summed E-state index contributed by atoms with van der Waals surface area (Å²) in [7, 11) is 0. The lowest BCUT2D eigenvalue weighted by atomic mass is 10.0. The first kappa shape index (κ1) is 26.2.